The molecule has 2 aromatic rings. The van der Waals surface area contributed by atoms with Crippen LogP contribution in [0.25, 0.3) is 10.1 Å². The molecule has 0 atom stereocenters. The van der Waals surface area contributed by atoms with Gasteiger partial charge in [-0.2, -0.15) is 0 Å². The van der Waals surface area contributed by atoms with E-state index in [1.54, 1.807) is 11.3 Å². The lowest BCUT2D eigenvalue weighted by molar-refractivity contribution is 0.136. The summed E-state index contributed by atoms with van der Waals surface area (Å²) in [5.41, 5.74) is 0. The summed E-state index contributed by atoms with van der Waals surface area (Å²) >= 11 is 7.65. The van der Waals surface area contributed by atoms with Crippen molar-refractivity contribution in [1.29, 1.82) is 0 Å². The van der Waals surface area contributed by atoms with Gasteiger partial charge < -0.3 is 4.74 Å². The molecule has 74 valence electrons. The predicted octanol–water partition coefficient (Wildman–Crippen LogP) is 4.09. The highest BCUT2D eigenvalue weighted by Crippen LogP contribution is 2.28. The summed E-state index contributed by atoms with van der Waals surface area (Å²) in [6.45, 7) is 3.46. The SMILES string of the molecule is CCOCc1cc2ccc(Cl)cc2s1. The number of hydrogen-bond donors (Lipinski definition) is 0. The van der Waals surface area contributed by atoms with Crippen molar-refractivity contribution in [3.05, 3.63) is 34.2 Å². The third-order valence-electron chi connectivity index (χ3n) is 1.98. The van der Waals surface area contributed by atoms with Gasteiger partial charge in [0.15, 0.2) is 0 Å². The van der Waals surface area contributed by atoms with Crippen LogP contribution in [-0.4, -0.2) is 6.61 Å². The molecule has 0 aliphatic heterocycles. The van der Waals surface area contributed by atoms with Crippen molar-refractivity contribution in [3.63, 3.8) is 0 Å². The minimum Gasteiger partial charge on any atom is -0.376 e. The fourth-order valence-electron chi connectivity index (χ4n) is 1.33. The van der Waals surface area contributed by atoms with Gasteiger partial charge in [0.05, 0.1) is 6.61 Å². The fraction of sp³-hybridized carbons (Fsp3) is 0.273. The summed E-state index contributed by atoms with van der Waals surface area (Å²) in [7, 11) is 0. The normalized spacial score (nSPS) is 11.0. The molecule has 0 aliphatic carbocycles. The molecular weight excluding hydrogens is 216 g/mol. The highest BCUT2D eigenvalue weighted by atomic mass is 35.5. The number of ether oxygens (including phenoxy) is 1. The van der Waals surface area contributed by atoms with Gasteiger partial charge in [-0.15, -0.1) is 11.3 Å². The van der Waals surface area contributed by atoms with Crippen LogP contribution in [0.3, 0.4) is 0 Å². The molecule has 1 nitrogen and oxygen atoms in total. The smallest absolute Gasteiger partial charge is 0.0809 e. The van der Waals surface area contributed by atoms with Crippen LogP contribution in [0.2, 0.25) is 5.02 Å². The highest BCUT2D eigenvalue weighted by Gasteiger charge is 2.01. The van der Waals surface area contributed by atoms with E-state index in [-0.39, 0.29) is 0 Å². The first kappa shape index (κ1) is 9.97. The fourth-order valence-corrected chi connectivity index (χ4v) is 2.61. The Morgan fingerprint density at radius 3 is 3.00 bits per heavy atom. The van der Waals surface area contributed by atoms with Crippen molar-refractivity contribution in [1.82, 2.24) is 0 Å². The molecule has 0 unspecified atom stereocenters. The molecule has 0 saturated carbocycles. The van der Waals surface area contributed by atoms with Gasteiger partial charge in [0.1, 0.15) is 0 Å². The highest BCUT2D eigenvalue weighted by molar-refractivity contribution is 7.19. The summed E-state index contributed by atoms with van der Waals surface area (Å²) in [6, 6.07) is 8.12. The molecule has 1 aromatic heterocycles. The molecule has 14 heavy (non-hydrogen) atoms. The van der Waals surface area contributed by atoms with Crippen molar-refractivity contribution in [2.24, 2.45) is 0 Å². The predicted molar refractivity (Wildman–Crippen MR) is 62.2 cm³/mol. The monoisotopic (exact) mass is 226 g/mol. The van der Waals surface area contributed by atoms with Crippen LogP contribution in [0.4, 0.5) is 0 Å². The van der Waals surface area contributed by atoms with E-state index in [0.29, 0.717) is 6.61 Å². The van der Waals surface area contributed by atoms with E-state index in [4.69, 9.17) is 16.3 Å². The van der Waals surface area contributed by atoms with E-state index in [1.165, 1.54) is 15.0 Å². The van der Waals surface area contributed by atoms with E-state index >= 15 is 0 Å². The quantitative estimate of drug-likeness (QED) is 0.766. The van der Waals surface area contributed by atoms with Crippen LogP contribution >= 0.6 is 22.9 Å². The molecule has 1 heterocycles. The van der Waals surface area contributed by atoms with Gasteiger partial charge in [-0.1, -0.05) is 17.7 Å². The zero-order valence-corrected chi connectivity index (χ0v) is 9.49. The Morgan fingerprint density at radius 1 is 1.36 bits per heavy atom. The first-order valence-electron chi connectivity index (χ1n) is 4.55. The maximum atomic E-state index is 5.91. The van der Waals surface area contributed by atoms with E-state index in [9.17, 15) is 0 Å². The molecule has 0 bridgehead atoms. The van der Waals surface area contributed by atoms with Gasteiger partial charge in [-0.25, -0.2) is 0 Å². The molecular formula is C11H11ClOS. The lowest BCUT2D eigenvalue weighted by atomic mass is 10.2. The molecule has 0 radical (unpaired) electrons. The summed E-state index contributed by atoms with van der Waals surface area (Å²) in [5, 5.41) is 2.04. The van der Waals surface area contributed by atoms with Crippen LogP contribution in [0.5, 0.6) is 0 Å². The Morgan fingerprint density at radius 2 is 2.21 bits per heavy atom. The van der Waals surface area contributed by atoms with Gasteiger partial charge in [0, 0.05) is 21.2 Å². The Bertz CT molecular complexity index is 436. The second-order valence-electron chi connectivity index (χ2n) is 3.03. The number of rotatable bonds is 3. The summed E-state index contributed by atoms with van der Waals surface area (Å²) in [5.74, 6) is 0. The van der Waals surface area contributed by atoms with Gasteiger partial charge in [-0.05, 0) is 30.5 Å². The summed E-state index contributed by atoms with van der Waals surface area (Å²) in [6.07, 6.45) is 0. The van der Waals surface area contributed by atoms with Crippen LogP contribution in [0.1, 0.15) is 11.8 Å². The van der Waals surface area contributed by atoms with Crippen molar-refractivity contribution in [2.45, 2.75) is 13.5 Å². The number of hydrogen-bond acceptors (Lipinski definition) is 2. The molecule has 0 amide bonds. The lowest BCUT2D eigenvalue weighted by Crippen LogP contribution is -1.87. The van der Waals surface area contributed by atoms with Crippen molar-refractivity contribution in [3.8, 4) is 0 Å². The van der Waals surface area contributed by atoms with Gasteiger partial charge >= 0.3 is 0 Å². The Kier molecular flexibility index (Phi) is 3.06. The number of fused-ring (bicyclic) bond motifs is 1. The average Bonchev–Trinajstić information content (AvgIpc) is 2.56. The van der Waals surface area contributed by atoms with E-state index in [1.807, 2.05) is 25.1 Å². The second-order valence-corrected chi connectivity index (χ2v) is 4.64. The number of thiophene rings is 1. The molecule has 2 rings (SSSR count). The molecule has 0 fully saturated rings. The second kappa shape index (κ2) is 4.30. The number of benzene rings is 1. The third kappa shape index (κ3) is 2.08. The van der Waals surface area contributed by atoms with E-state index in [0.717, 1.165) is 11.6 Å². The first-order valence-corrected chi connectivity index (χ1v) is 5.75. The van der Waals surface area contributed by atoms with Crippen LogP contribution < -0.4 is 0 Å². The standard InChI is InChI=1S/C11H11ClOS/c1-2-13-7-10-5-8-3-4-9(12)6-11(8)14-10/h3-6H,2,7H2,1H3. The van der Waals surface area contributed by atoms with E-state index < -0.39 is 0 Å². The molecule has 0 N–H and O–H groups in total. The van der Waals surface area contributed by atoms with Crippen LogP contribution in [-0.2, 0) is 11.3 Å². The van der Waals surface area contributed by atoms with Crippen LogP contribution in [0.15, 0.2) is 24.3 Å². The minimum absolute atomic E-state index is 0.702. The van der Waals surface area contributed by atoms with Gasteiger partial charge in [0.2, 0.25) is 0 Å². The Labute approximate surface area is 92.3 Å². The van der Waals surface area contributed by atoms with Crippen molar-refractivity contribution >= 4 is 33.0 Å². The molecule has 3 heteroatoms. The zero-order chi connectivity index (χ0) is 9.97. The molecule has 0 saturated heterocycles. The van der Waals surface area contributed by atoms with Gasteiger partial charge in [0.25, 0.3) is 0 Å². The summed E-state index contributed by atoms with van der Waals surface area (Å²) in [4.78, 5) is 1.25. The van der Waals surface area contributed by atoms with Gasteiger partial charge in [-0.3, -0.25) is 0 Å². The van der Waals surface area contributed by atoms with Crippen molar-refractivity contribution < 1.29 is 4.74 Å². The zero-order valence-electron chi connectivity index (χ0n) is 7.92. The third-order valence-corrected chi connectivity index (χ3v) is 3.29. The first-order chi connectivity index (χ1) is 6.79. The molecule has 0 spiro atoms. The molecule has 0 aliphatic rings. The lowest BCUT2D eigenvalue weighted by Gasteiger charge is -1.94. The minimum atomic E-state index is 0.702. The molecule has 1 aromatic carbocycles. The van der Waals surface area contributed by atoms with E-state index in [2.05, 4.69) is 6.07 Å². The maximum absolute atomic E-state index is 5.91. The number of halogens is 1. The summed E-state index contributed by atoms with van der Waals surface area (Å²) < 4.78 is 6.59. The maximum Gasteiger partial charge on any atom is 0.0809 e. The van der Waals surface area contributed by atoms with Crippen molar-refractivity contribution in [2.75, 3.05) is 6.61 Å². The topological polar surface area (TPSA) is 9.23 Å². The largest absolute Gasteiger partial charge is 0.376 e. The van der Waals surface area contributed by atoms with Crippen LogP contribution in [0, 0.1) is 0 Å². The average molecular weight is 227 g/mol. The Balaban J connectivity index is 2.32. The Hall–Kier alpha value is -0.570.